The predicted molar refractivity (Wildman–Crippen MR) is 162 cm³/mol. The summed E-state index contributed by atoms with van der Waals surface area (Å²) in [5.41, 5.74) is 0.798. The Labute approximate surface area is 242 Å². The van der Waals surface area contributed by atoms with E-state index in [1.165, 1.54) is 102 Å². The molecule has 0 saturated heterocycles. The van der Waals surface area contributed by atoms with Gasteiger partial charge in [0.25, 0.3) is 0 Å². The topological polar surface area (TPSA) is 78.4 Å². The lowest BCUT2D eigenvalue weighted by atomic mass is 10.1. The molecule has 0 atom stereocenters. The predicted octanol–water partition coefficient (Wildman–Crippen LogP) is 9.80. The number of aromatic nitrogens is 2. The number of hydrogen-bond donors (Lipinski definition) is 0. The Morgan fingerprint density at radius 3 is 1.32 bits per heavy atom. The molecule has 0 unspecified atom stereocenters. The summed E-state index contributed by atoms with van der Waals surface area (Å²) in [4.78, 5) is 33.0. The van der Waals surface area contributed by atoms with Crippen LogP contribution in [0.4, 0.5) is 0 Å². The minimum Gasteiger partial charge on any atom is -0.427 e. The second-order valence-corrected chi connectivity index (χ2v) is 10.9. The summed E-state index contributed by atoms with van der Waals surface area (Å²) in [6, 6.07) is 7.16. The molecule has 1 aromatic heterocycles. The summed E-state index contributed by atoms with van der Waals surface area (Å²) >= 11 is 0. The molecule has 2 rings (SSSR count). The van der Waals surface area contributed by atoms with Crippen molar-refractivity contribution in [3.63, 3.8) is 0 Å². The minimum absolute atomic E-state index is 0.194. The lowest BCUT2D eigenvalue weighted by molar-refractivity contribution is -0.135. The van der Waals surface area contributed by atoms with Gasteiger partial charge in [0.05, 0.1) is 12.4 Å². The molecule has 6 nitrogen and oxygen atoms in total. The molecule has 0 aliphatic carbocycles. The van der Waals surface area contributed by atoms with Gasteiger partial charge in [-0.05, 0) is 37.1 Å². The van der Waals surface area contributed by atoms with Crippen LogP contribution in [0.1, 0.15) is 142 Å². The first-order valence-electron chi connectivity index (χ1n) is 16.0. The summed E-state index contributed by atoms with van der Waals surface area (Å²) in [6.07, 6.45) is 25.8. The molecule has 0 aliphatic rings. The summed E-state index contributed by atoms with van der Waals surface area (Å²) in [5, 5.41) is 0. The van der Waals surface area contributed by atoms with Gasteiger partial charge < -0.3 is 9.47 Å². The first-order valence-corrected chi connectivity index (χ1v) is 16.0. The Bertz CT molecular complexity index is 850. The highest BCUT2D eigenvalue weighted by Gasteiger charge is 2.09. The highest BCUT2D eigenvalue weighted by molar-refractivity contribution is 5.73. The van der Waals surface area contributed by atoms with Crippen LogP contribution in [0.2, 0.25) is 0 Å². The normalized spacial score (nSPS) is 10.9. The number of carbonyl (C=O) groups excluding carboxylic acids is 2. The maximum Gasteiger partial charge on any atom is 0.311 e. The first kappa shape index (κ1) is 33.4. The Morgan fingerprint density at radius 2 is 0.900 bits per heavy atom. The molecule has 40 heavy (non-hydrogen) atoms. The van der Waals surface area contributed by atoms with Gasteiger partial charge >= 0.3 is 11.9 Å². The van der Waals surface area contributed by atoms with E-state index in [9.17, 15) is 9.59 Å². The lowest BCUT2D eigenvalue weighted by Crippen LogP contribution is -2.08. The van der Waals surface area contributed by atoms with E-state index < -0.39 is 0 Å². The molecule has 0 spiro atoms. The fourth-order valence-corrected chi connectivity index (χ4v) is 4.71. The third-order valence-electron chi connectivity index (χ3n) is 7.17. The zero-order valence-corrected chi connectivity index (χ0v) is 25.1. The van der Waals surface area contributed by atoms with Crippen molar-refractivity contribution in [1.29, 1.82) is 0 Å². The third kappa shape index (κ3) is 15.7. The molecule has 0 radical (unpaired) electrons. The number of esters is 2. The summed E-state index contributed by atoms with van der Waals surface area (Å²) in [5.74, 6) is 0.957. The van der Waals surface area contributed by atoms with Crippen LogP contribution in [0, 0.1) is 0 Å². The smallest absolute Gasteiger partial charge is 0.311 e. The summed E-state index contributed by atoms with van der Waals surface area (Å²) in [7, 11) is 0. The fourth-order valence-electron chi connectivity index (χ4n) is 4.71. The standard InChI is InChI=1S/C34H52N2O4/c1-3-5-7-9-11-13-15-17-19-21-32(37)39-30-25-23-29(24-26-30)34-35-27-31(28-36-34)40-33(38)22-20-18-16-14-12-10-8-6-4-2/h23-28H,3-22H2,1-2H3. The maximum absolute atomic E-state index is 12.2. The second-order valence-electron chi connectivity index (χ2n) is 10.9. The van der Waals surface area contributed by atoms with Gasteiger partial charge in [0.1, 0.15) is 5.75 Å². The summed E-state index contributed by atoms with van der Waals surface area (Å²) < 4.78 is 10.9. The Hall–Kier alpha value is -2.76. The van der Waals surface area contributed by atoms with Gasteiger partial charge in [0.2, 0.25) is 0 Å². The molecule has 0 aliphatic heterocycles. The number of unbranched alkanes of at least 4 members (excludes halogenated alkanes) is 16. The molecule has 0 N–H and O–H groups in total. The quantitative estimate of drug-likeness (QED) is 0.0775. The SMILES string of the molecule is CCCCCCCCCCCC(=O)Oc1ccc(-c2ncc(OC(=O)CCCCCCCCCCC)cn2)cc1. The van der Waals surface area contributed by atoms with E-state index in [0.29, 0.717) is 30.2 Å². The molecule has 1 heterocycles. The van der Waals surface area contributed by atoms with Gasteiger partial charge in [-0.1, -0.05) is 117 Å². The van der Waals surface area contributed by atoms with Crippen molar-refractivity contribution in [2.45, 2.75) is 142 Å². The number of nitrogens with zero attached hydrogens (tertiary/aromatic N) is 2. The molecular weight excluding hydrogens is 500 g/mol. The van der Waals surface area contributed by atoms with Gasteiger partial charge in [-0.25, -0.2) is 9.97 Å². The molecule has 6 heteroatoms. The van der Waals surface area contributed by atoms with Crippen molar-refractivity contribution >= 4 is 11.9 Å². The van der Waals surface area contributed by atoms with E-state index in [1.807, 2.05) is 12.1 Å². The van der Waals surface area contributed by atoms with Crippen LogP contribution >= 0.6 is 0 Å². The van der Waals surface area contributed by atoms with Gasteiger partial charge in [0.15, 0.2) is 11.6 Å². The molecule has 0 bridgehead atoms. The maximum atomic E-state index is 12.2. The van der Waals surface area contributed by atoms with Crippen molar-refractivity contribution < 1.29 is 19.1 Å². The third-order valence-corrected chi connectivity index (χ3v) is 7.17. The van der Waals surface area contributed by atoms with Crippen LogP contribution in [0.5, 0.6) is 11.5 Å². The number of ether oxygens (including phenoxy) is 2. The van der Waals surface area contributed by atoms with E-state index in [1.54, 1.807) is 12.1 Å². The Kier molecular flexibility index (Phi) is 18.4. The molecular formula is C34H52N2O4. The highest BCUT2D eigenvalue weighted by atomic mass is 16.5. The van der Waals surface area contributed by atoms with Crippen molar-refractivity contribution in [2.24, 2.45) is 0 Å². The number of benzene rings is 1. The van der Waals surface area contributed by atoms with Crippen LogP contribution in [-0.4, -0.2) is 21.9 Å². The van der Waals surface area contributed by atoms with Gasteiger partial charge in [-0.2, -0.15) is 0 Å². The molecule has 0 fully saturated rings. The van der Waals surface area contributed by atoms with E-state index in [2.05, 4.69) is 23.8 Å². The van der Waals surface area contributed by atoms with Crippen LogP contribution in [0.15, 0.2) is 36.7 Å². The van der Waals surface area contributed by atoms with E-state index >= 15 is 0 Å². The molecule has 222 valence electrons. The summed E-state index contributed by atoms with van der Waals surface area (Å²) in [6.45, 7) is 4.47. The van der Waals surface area contributed by atoms with Crippen molar-refractivity contribution in [1.82, 2.24) is 9.97 Å². The fraction of sp³-hybridized carbons (Fsp3) is 0.647. The second kappa shape index (κ2) is 22.0. The number of rotatable bonds is 23. The molecule has 0 amide bonds. The molecule has 0 saturated carbocycles. The van der Waals surface area contributed by atoms with E-state index in [-0.39, 0.29) is 11.9 Å². The largest absolute Gasteiger partial charge is 0.427 e. The van der Waals surface area contributed by atoms with Crippen LogP contribution in [0.25, 0.3) is 11.4 Å². The Morgan fingerprint density at radius 1 is 0.525 bits per heavy atom. The van der Waals surface area contributed by atoms with E-state index in [4.69, 9.17) is 9.47 Å². The van der Waals surface area contributed by atoms with Gasteiger partial charge in [0, 0.05) is 18.4 Å². The zero-order valence-electron chi connectivity index (χ0n) is 25.1. The minimum atomic E-state index is -0.243. The van der Waals surface area contributed by atoms with Gasteiger partial charge in [-0.15, -0.1) is 0 Å². The van der Waals surface area contributed by atoms with Crippen molar-refractivity contribution in [3.05, 3.63) is 36.7 Å². The number of carbonyl (C=O) groups is 2. The zero-order chi connectivity index (χ0) is 28.7. The monoisotopic (exact) mass is 552 g/mol. The Balaban J connectivity index is 1.60. The number of hydrogen-bond acceptors (Lipinski definition) is 6. The highest BCUT2D eigenvalue weighted by Crippen LogP contribution is 2.21. The van der Waals surface area contributed by atoms with Gasteiger partial charge in [-0.3, -0.25) is 9.59 Å². The van der Waals surface area contributed by atoms with Crippen LogP contribution in [-0.2, 0) is 9.59 Å². The van der Waals surface area contributed by atoms with Crippen molar-refractivity contribution in [2.75, 3.05) is 0 Å². The lowest BCUT2D eigenvalue weighted by Gasteiger charge is -2.07. The van der Waals surface area contributed by atoms with Crippen molar-refractivity contribution in [3.8, 4) is 22.9 Å². The average Bonchev–Trinajstić information content (AvgIpc) is 2.96. The molecule has 1 aromatic carbocycles. The van der Waals surface area contributed by atoms with Crippen LogP contribution < -0.4 is 9.47 Å². The molecule has 2 aromatic rings. The van der Waals surface area contributed by atoms with E-state index in [0.717, 1.165) is 31.2 Å². The first-order chi connectivity index (χ1) is 19.6. The average molecular weight is 553 g/mol. The van der Waals surface area contributed by atoms with Crippen LogP contribution in [0.3, 0.4) is 0 Å².